The molecule has 0 bridgehead atoms. The third-order valence-electron chi connectivity index (χ3n) is 3.57. The molecule has 92 valence electrons. The number of hydrogen-bond acceptors (Lipinski definition) is 2. The molecule has 0 aliphatic heterocycles. The van der Waals surface area contributed by atoms with Crippen LogP contribution in [-0.4, -0.2) is 30.4 Å². The van der Waals surface area contributed by atoms with Gasteiger partial charge in [0.15, 0.2) is 0 Å². The van der Waals surface area contributed by atoms with Gasteiger partial charge in [0.05, 0.1) is 0 Å². The summed E-state index contributed by atoms with van der Waals surface area (Å²) in [5.41, 5.74) is 6.92. The highest BCUT2D eigenvalue weighted by atomic mass is 16.2. The Morgan fingerprint density at radius 2 is 2.12 bits per heavy atom. The fourth-order valence-electron chi connectivity index (χ4n) is 2.26. The summed E-state index contributed by atoms with van der Waals surface area (Å²) in [7, 11) is 0. The Morgan fingerprint density at radius 1 is 1.50 bits per heavy atom. The van der Waals surface area contributed by atoms with Crippen molar-refractivity contribution in [3.05, 3.63) is 12.2 Å². The molecule has 1 saturated carbocycles. The first-order valence-corrected chi connectivity index (χ1v) is 6.15. The summed E-state index contributed by atoms with van der Waals surface area (Å²) in [6, 6.07) is 0. The van der Waals surface area contributed by atoms with E-state index in [1.54, 1.807) is 0 Å². The molecule has 0 heterocycles. The molecule has 1 fully saturated rings. The van der Waals surface area contributed by atoms with Gasteiger partial charge in [-0.25, -0.2) is 0 Å². The van der Waals surface area contributed by atoms with Gasteiger partial charge in [0.25, 0.3) is 0 Å². The van der Waals surface area contributed by atoms with Crippen LogP contribution in [0, 0.1) is 5.41 Å². The number of nitrogens with two attached hydrogens (primary N) is 1. The van der Waals surface area contributed by atoms with Crippen molar-refractivity contribution in [1.29, 1.82) is 0 Å². The number of hydrogen-bond donors (Lipinski definition) is 1. The summed E-state index contributed by atoms with van der Waals surface area (Å²) in [6.07, 6.45) is 4.06. The second kappa shape index (κ2) is 5.48. The first kappa shape index (κ1) is 13.2. The van der Waals surface area contributed by atoms with Crippen LogP contribution in [0.25, 0.3) is 0 Å². The molecule has 1 amide bonds. The molecule has 0 atom stereocenters. The molecule has 0 saturated heterocycles. The second-order valence-electron chi connectivity index (χ2n) is 5.10. The van der Waals surface area contributed by atoms with E-state index in [0.29, 0.717) is 19.5 Å². The highest BCUT2D eigenvalue weighted by Crippen LogP contribution is 2.43. The number of nitrogens with zero attached hydrogens (tertiary/aromatic N) is 1. The fraction of sp³-hybridized carbons (Fsp3) is 0.769. The molecule has 16 heavy (non-hydrogen) atoms. The Morgan fingerprint density at radius 3 is 2.44 bits per heavy atom. The van der Waals surface area contributed by atoms with Gasteiger partial charge in [0.1, 0.15) is 0 Å². The molecule has 2 N–H and O–H groups in total. The molecule has 1 aliphatic carbocycles. The maximum Gasteiger partial charge on any atom is 0.223 e. The number of rotatable bonds is 6. The molecule has 3 heteroatoms. The predicted octanol–water partition coefficient (Wildman–Crippen LogP) is 1.93. The van der Waals surface area contributed by atoms with Crippen LogP contribution < -0.4 is 5.73 Å². The minimum Gasteiger partial charge on any atom is -0.339 e. The summed E-state index contributed by atoms with van der Waals surface area (Å²) in [5, 5.41) is 0. The molecule has 0 aromatic heterocycles. The summed E-state index contributed by atoms with van der Waals surface area (Å²) in [4.78, 5) is 14.0. The molecule has 1 rings (SSSR count). The largest absolute Gasteiger partial charge is 0.339 e. The van der Waals surface area contributed by atoms with Gasteiger partial charge in [-0.05, 0) is 38.6 Å². The van der Waals surface area contributed by atoms with E-state index < -0.39 is 0 Å². The van der Waals surface area contributed by atoms with Crippen molar-refractivity contribution in [1.82, 2.24) is 4.90 Å². The quantitative estimate of drug-likeness (QED) is 0.701. The van der Waals surface area contributed by atoms with Crippen molar-refractivity contribution in [2.45, 2.75) is 39.5 Å². The van der Waals surface area contributed by atoms with E-state index in [2.05, 4.69) is 6.58 Å². The van der Waals surface area contributed by atoms with Gasteiger partial charge < -0.3 is 10.6 Å². The van der Waals surface area contributed by atoms with E-state index in [9.17, 15) is 4.79 Å². The molecular formula is C13H24N2O. The lowest BCUT2D eigenvalue weighted by Crippen LogP contribution is -2.43. The van der Waals surface area contributed by atoms with Crippen LogP contribution >= 0.6 is 0 Å². The van der Waals surface area contributed by atoms with Crippen molar-refractivity contribution >= 4 is 5.91 Å². The molecular weight excluding hydrogens is 200 g/mol. The molecule has 3 nitrogen and oxygen atoms in total. The lowest BCUT2D eigenvalue weighted by Gasteiger charge is -2.41. The van der Waals surface area contributed by atoms with Crippen molar-refractivity contribution in [2.75, 3.05) is 19.6 Å². The zero-order chi connectivity index (χ0) is 12.2. The average Bonchev–Trinajstić information content (AvgIpc) is 2.19. The maximum absolute atomic E-state index is 12.1. The van der Waals surface area contributed by atoms with Crippen molar-refractivity contribution in [2.24, 2.45) is 11.1 Å². The van der Waals surface area contributed by atoms with Gasteiger partial charge in [-0.1, -0.05) is 18.6 Å². The number of likely N-dealkylation sites (N-methyl/N-ethyl adjacent to an activating group) is 1. The van der Waals surface area contributed by atoms with Crippen LogP contribution in [0.3, 0.4) is 0 Å². The molecule has 0 radical (unpaired) electrons. The van der Waals surface area contributed by atoms with Gasteiger partial charge in [0.2, 0.25) is 5.91 Å². The van der Waals surface area contributed by atoms with Crippen molar-refractivity contribution < 1.29 is 4.79 Å². The third kappa shape index (κ3) is 3.08. The van der Waals surface area contributed by atoms with Crippen LogP contribution in [0.4, 0.5) is 0 Å². The molecule has 0 aromatic carbocycles. The Balaban J connectivity index is 2.51. The maximum atomic E-state index is 12.1. The lowest BCUT2D eigenvalue weighted by atomic mass is 9.66. The molecule has 0 aromatic rings. The average molecular weight is 224 g/mol. The fourth-order valence-corrected chi connectivity index (χ4v) is 2.26. The van der Waals surface area contributed by atoms with Crippen molar-refractivity contribution in [3.63, 3.8) is 0 Å². The zero-order valence-electron chi connectivity index (χ0n) is 10.6. The highest BCUT2D eigenvalue weighted by molar-refractivity contribution is 5.77. The molecule has 0 spiro atoms. The van der Waals surface area contributed by atoms with Gasteiger partial charge in [0, 0.05) is 19.5 Å². The van der Waals surface area contributed by atoms with Crippen LogP contribution in [0.1, 0.15) is 39.5 Å². The lowest BCUT2D eigenvalue weighted by molar-refractivity contribution is -0.134. The first-order chi connectivity index (χ1) is 7.53. The van der Waals surface area contributed by atoms with Gasteiger partial charge in [-0.2, -0.15) is 0 Å². The Bertz CT molecular complexity index is 264. The van der Waals surface area contributed by atoms with Gasteiger partial charge in [-0.3, -0.25) is 4.79 Å². The zero-order valence-corrected chi connectivity index (χ0v) is 10.6. The van der Waals surface area contributed by atoms with E-state index >= 15 is 0 Å². The summed E-state index contributed by atoms with van der Waals surface area (Å²) >= 11 is 0. The smallest absolute Gasteiger partial charge is 0.223 e. The van der Waals surface area contributed by atoms with Crippen molar-refractivity contribution in [3.8, 4) is 0 Å². The number of carbonyl (C=O) groups excluding carboxylic acids is 1. The molecule has 0 unspecified atom stereocenters. The topological polar surface area (TPSA) is 46.3 Å². The van der Waals surface area contributed by atoms with Crippen LogP contribution in [-0.2, 0) is 4.79 Å². The monoisotopic (exact) mass is 224 g/mol. The van der Waals surface area contributed by atoms with Crippen LogP contribution in [0.5, 0.6) is 0 Å². The number of carbonyl (C=O) groups is 1. The SMILES string of the molecule is C=C(C)CN(CC)C(=O)CC1(CN)CCC1. The van der Waals surface area contributed by atoms with E-state index in [1.165, 1.54) is 6.42 Å². The number of amides is 1. The Labute approximate surface area is 98.7 Å². The Kier molecular flexibility index (Phi) is 4.54. The van der Waals surface area contributed by atoms with E-state index in [0.717, 1.165) is 25.0 Å². The van der Waals surface area contributed by atoms with Gasteiger partial charge >= 0.3 is 0 Å². The Hall–Kier alpha value is -0.830. The third-order valence-corrected chi connectivity index (χ3v) is 3.57. The second-order valence-corrected chi connectivity index (χ2v) is 5.10. The summed E-state index contributed by atoms with van der Waals surface area (Å²) < 4.78 is 0. The summed E-state index contributed by atoms with van der Waals surface area (Å²) in [6.45, 7) is 9.90. The standard InChI is InChI=1S/C13H24N2O/c1-4-15(9-11(2)3)12(16)8-13(10-14)6-5-7-13/h2,4-10,14H2,1,3H3. The summed E-state index contributed by atoms with van der Waals surface area (Å²) in [5.74, 6) is 0.232. The van der Waals surface area contributed by atoms with E-state index in [4.69, 9.17) is 5.73 Å². The first-order valence-electron chi connectivity index (χ1n) is 6.15. The van der Waals surface area contributed by atoms with Crippen LogP contribution in [0.2, 0.25) is 0 Å². The minimum absolute atomic E-state index is 0.111. The normalized spacial score (nSPS) is 17.7. The van der Waals surface area contributed by atoms with E-state index in [-0.39, 0.29) is 11.3 Å². The van der Waals surface area contributed by atoms with Gasteiger partial charge in [-0.15, -0.1) is 0 Å². The van der Waals surface area contributed by atoms with Crippen LogP contribution in [0.15, 0.2) is 12.2 Å². The molecule has 1 aliphatic rings. The minimum atomic E-state index is 0.111. The predicted molar refractivity (Wildman–Crippen MR) is 67.0 cm³/mol. The van der Waals surface area contributed by atoms with E-state index in [1.807, 2.05) is 18.7 Å². The highest BCUT2D eigenvalue weighted by Gasteiger charge is 2.38.